The van der Waals surface area contributed by atoms with Crippen LogP contribution in [0, 0.1) is 6.92 Å². The van der Waals surface area contributed by atoms with Crippen molar-refractivity contribution in [3.8, 4) is 11.7 Å². The zero-order valence-corrected chi connectivity index (χ0v) is 16.8. The van der Waals surface area contributed by atoms with Gasteiger partial charge in [0.1, 0.15) is 10.2 Å². The second kappa shape index (κ2) is 5.90. The SMILES string of the molecule is Cc1cc2c(cc1Oc1oc(C(=O)O)cc1Br)C(C)(C)CCC2(C)C. The maximum Gasteiger partial charge on any atom is 0.371 e. The van der Waals surface area contributed by atoms with Crippen molar-refractivity contribution < 1.29 is 19.1 Å². The zero-order valence-electron chi connectivity index (χ0n) is 15.2. The van der Waals surface area contributed by atoms with E-state index in [0.29, 0.717) is 10.2 Å². The van der Waals surface area contributed by atoms with Crippen LogP contribution in [-0.2, 0) is 10.8 Å². The highest BCUT2D eigenvalue weighted by atomic mass is 79.9. The molecular formula is C20H23BrO4. The molecular weight excluding hydrogens is 384 g/mol. The molecule has 0 amide bonds. The number of aryl methyl sites for hydroxylation is 1. The predicted molar refractivity (Wildman–Crippen MR) is 99.9 cm³/mol. The van der Waals surface area contributed by atoms with Crippen molar-refractivity contribution in [2.45, 2.75) is 58.3 Å². The molecule has 0 fully saturated rings. The first kappa shape index (κ1) is 18.1. The Morgan fingerprint density at radius 1 is 1.12 bits per heavy atom. The summed E-state index contributed by atoms with van der Waals surface area (Å²) in [5.74, 6) is -0.426. The van der Waals surface area contributed by atoms with Crippen LogP contribution < -0.4 is 4.74 Å². The summed E-state index contributed by atoms with van der Waals surface area (Å²) in [6.45, 7) is 11.1. The van der Waals surface area contributed by atoms with Crippen molar-refractivity contribution in [3.05, 3.63) is 45.1 Å². The number of rotatable bonds is 3. The van der Waals surface area contributed by atoms with Gasteiger partial charge in [-0.15, -0.1) is 0 Å². The van der Waals surface area contributed by atoms with Crippen molar-refractivity contribution in [2.75, 3.05) is 0 Å². The molecule has 0 saturated carbocycles. The average molecular weight is 407 g/mol. The molecule has 3 rings (SSSR count). The molecule has 0 aliphatic heterocycles. The zero-order chi connectivity index (χ0) is 18.6. The normalized spacial score (nSPS) is 17.8. The van der Waals surface area contributed by atoms with Crippen LogP contribution in [-0.4, -0.2) is 11.1 Å². The predicted octanol–water partition coefficient (Wildman–Crippen LogP) is 6.19. The molecule has 25 heavy (non-hydrogen) atoms. The molecule has 0 atom stereocenters. The monoisotopic (exact) mass is 406 g/mol. The lowest BCUT2D eigenvalue weighted by Crippen LogP contribution is -2.33. The molecule has 5 heteroatoms. The van der Waals surface area contributed by atoms with Crippen molar-refractivity contribution in [2.24, 2.45) is 0 Å². The number of furan rings is 1. The third-order valence-corrected chi connectivity index (χ3v) is 5.77. The van der Waals surface area contributed by atoms with Crippen LogP contribution in [0.1, 0.15) is 67.8 Å². The van der Waals surface area contributed by atoms with Crippen LogP contribution in [0.2, 0.25) is 0 Å². The summed E-state index contributed by atoms with van der Waals surface area (Å²) < 4.78 is 11.7. The van der Waals surface area contributed by atoms with Gasteiger partial charge in [-0.2, -0.15) is 0 Å². The summed E-state index contributed by atoms with van der Waals surface area (Å²) in [4.78, 5) is 11.1. The molecule has 0 unspecified atom stereocenters. The number of halogens is 1. The summed E-state index contributed by atoms with van der Waals surface area (Å²) in [6.07, 6.45) is 2.27. The van der Waals surface area contributed by atoms with E-state index in [9.17, 15) is 4.79 Å². The van der Waals surface area contributed by atoms with Crippen molar-refractivity contribution in [1.82, 2.24) is 0 Å². The molecule has 0 radical (unpaired) electrons. The van der Waals surface area contributed by atoms with Gasteiger partial charge in [0.05, 0.1) is 0 Å². The number of carboxylic acids is 1. The van der Waals surface area contributed by atoms with Crippen molar-refractivity contribution in [1.29, 1.82) is 0 Å². The standard InChI is InChI=1S/C20H23BrO4/c1-11-8-12-13(20(4,5)7-6-19(12,2)3)9-15(11)24-18-14(21)10-16(25-18)17(22)23/h8-10H,6-7H2,1-5H3,(H,22,23). The van der Waals surface area contributed by atoms with Gasteiger partial charge in [-0.1, -0.05) is 33.8 Å². The smallest absolute Gasteiger partial charge is 0.371 e. The Kier molecular flexibility index (Phi) is 4.26. The summed E-state index contributed by atoms with van der Waals surface area (Å²) in [7, 11) is 0. The minimum Gasteiger partial charge on any atom is -0.475 e. The fourth-order valence-electron chi connectivity index (χ4n) is 3.44. The highest BCUT2D eigenvalue weighted by Crippen LogP contribution is 2.48. The number of carboxylic acid groups (broad SMARTS) is 1. The molecule has 1 aromatic heterocycles. The molecule has 2 aromatic rings. The minimum atomic E-state index is -1.12. The maximum absolute atomic E-state index is 11.1. The topological polar surface area (TPSA) is 59.7 Å². The van der Waals surface area contributed by atoms with Gasteiger partial charge in [0, 0.05) is 6.07 Å². The van der Waals surface area contributed by atoms with Gasteiger partial charge in [0.2, 0.25) is 5.76 Å². The minimum absolute atomic E-state index is 0.0727. The molecule has 0 saturated heterocycles. The van der Waals surface area contributed by atoms with E-state index in [2.05, 4.69) is 55.8 Å². The summed E-state index contributed by atoms with van der Waals surface area (Å²) in [5.41, 5.74) is 3.85. The largest absolute Gasteiger partial charge is 0.475 e. The van der Waals surface area contributed by atoms with E-state index < -0.39 is 5.97 Å². The summed E-state index contributed by atoms with van der Waals surface area (Å²) in [5, 5.41) is 9.06. The van der Waals surface area contributed by atoms with Gasteiger partial charge >= 0.3 is 11.9 Å². The number of aromatic carboxylic acids is 1. The molecule has 1 aromatic carbocycles. The number of ether oxygens (including phenoxy) is 1. The van der Waals surface area contributed by atoms with E-state index in [0.717, 1.165) is 18.4 Å². The Labute approximate surface area is 156 Å². The Bertz CT molecular complexity index is 846. The van der Waals surface area contributed by atoms with Crippen LogP contribution in [0.15, 0.2) is 27.1 Å². The van der Waals surface area contributed by atoms with Gasteiger partial charge < -0.3 is 14.3 Å². The molecule has 1 N–H and O–H groups in total. The molecule has 1 heterocycles. The quantitative estimate of drug-likeness (QED) is 0.659. The van der Waals surface area contributed by atoms with E-state index in [1.54, 1.807) is 0 Å². The first-order chi connectivity index (χ1) is 11.5. The van der Waals surface area contributed by atoms with Gasteiger partial charge in [-0.05, 0) is 69.3 Å². The Morgan fingerprint density at radius 2 is 1.68 bits per heavy atom. The molecule has 1 aliphatic carbocycles. The van der Waals surface area contributed by atoms with E-state index in [-0.39, 0.29) is 22.5 Å². The second-order valence-corrected chi connectivity index (χ2v) is 8.94. The number of fused-ring (bicyclic) bond motifs is 1. The third-order valence-electron chi connectivity index (χ3n) is 5.22. The highest BCUT2D eigenvalue weighted by molar-refractivity contribution is 9.10. The lowest BCUT2D eigenvalue weighted by atomic mass is 9.63. The van der Waals surface area contributed by atoms with Gasteiger partial charge in [0.25, 0.3) is 0 Å². The Morgan fingerprint density at radius 3 is 2.20 bits per heavy atom. The Balaban J connectivity index is 2.06. The fraction of sp³-hybridized carbons (Fsp3) is 0.450. The summed E-state index contributed by atoms with van der Waals surface area (Å²) >= 11 is 3.30. The lowest BCUT2D eigenvalue weighted by molar-refractivity contribution is 0.0657. The first-order valence-corrected chi connectivity index (χ1v) is 9.17. The first-order valence-electron chi connectivity index (χ1n) is 8.37. The lowest BCUT2D eigenvalue weighted by Gasteiger charge is -2.42. The third kappa shape index (κ3) is 3.22. The van der Waals surface area contributed by atoms with Crippen molar-refractivity contribution >= 4 is 21.9 Å². The average Bonchev–Trinajstić information content (AvgIpc) is 2.87. The number of benzene rings is 1. The van der Waals surface area contributed by atoms with Gasteiger partial charge in [0.15, 0.2) is 0 Å². The highest BCUT2D eigenvalue weighted by Gasteiger charge is 2.37. The van der Waals surface area contributed by atoms with Crippen LogP contribution in [0.5, 0.6) is 11.7 Å². The molecule has 0 spiro atoms. The molecule has 1 aliphatic rings. The molecule has 0 bridgehead atoms. The van der Waals surface area contributed by atoms with Gasteiger partial charge in [-0.3, -0.25) is 0 Å². The van der Waals surface area contributed by atoms with E-state index in [4.69, 9.17) is 14.3 Å². The van der Waals surface area contributed by atoms with E-state index >= 15 is 0 Å². The summed E-state index contributed by atoms with van der Waals surface area (Å²) in [6, 6.07) is 5.68. The molecule has 4 nitrogen and oxygen atoms in total. The number of hydrogen-bond donors (Lipinski definition) is 1. The number of carbonyl (C=O) groups is 1. The fourth-order valence-corrected chi connectivity index (χ4v) is 3.81. The van der Waals surface area contributed by atoms with Crippen LogP contribution >= 0.6 is 15.9 Å². The maximum atomic E-state index is 11.1. The molecule has 134 valence electrons. The van der Waals surface area contributed by atoms with Crippen molar-refractivity contribution in [3.63, 3.8) is 0 Å². The number of hydrogen-bond acceptors (Lipinski definition) is 3. The van der Waals surface area contributed by atoms with E-state index in [1.165, 1.54) is 17.2 Å². The van der Waals surface area contributed by atoms with Crippen LogP contribution in [0.3, 0.4) is 0 Å². The van der Waals surface area contributed by atoms with E-state index in [1.807, 2.05) is 6.92 Å². The second-order valence-electron chi connectivity index (χ2n) is 8.08. The van der Waals surface area contributed by atoms with Crippen LogP contribution in [0.4, 0.5) is 0 Å². The van der Waals surface area contributed by atoms with Gasteiger partial charge in [-0.25, -0.2) is 4.79 Å². The van der Waals surface area contributed by atoms with Crippen LogP contribution in [0.25, 0.3) is 0 Å². The Hall–Kier alpha value is -1.75.